The quantitative estimate of drug-likeness (QED) is 0.288. The lowest BCUT2D eigenvalue weighted by Gasteiger charge is -2.22. The third kappa shape index (κ3) is 4.09. The van der Waals surface area contributed by atoms with Crippen molar-refractivity contribution in [3.63, 3.8) is 0 Å². The number of rotatable bonds is 4. The molecule has 0 saturated heterocycles. The van der Waals surface area contributed by atoms with Crippen molar-refractivity contribution in [3.8, 4) is 11.3 Å². The highest BCUT2D eigenvalue weighted by atomic mass is 35.5. The van der Waals surface area contributed by atoms with Gasteiger partial charge in [0.25, 0.3) is 5.91 Å². The first-order chi connectivity index (χ1) is 17.0. The van der Waals surface area contributed by atoms with E-state index in [-0.39, 0.29) is 37.6 Å². The predicted octanol–water partition coefficient (Wildman–Crippen LogP) is 7.34. The highest BCUT2D eigenvalue weighted by Crippen LogP contribution is 2.42. The van der Waals surface area contributed by atoms with E-state index >= 15 is 4.39 Å². The van der Waals surface area contributed by atoms with E-state index in [1.54, 1.807) is 12.3 Å². The van der Waals surface area contributed by atoms with Crippen LogP contribution in [-0.2, 0) is 23.3 Å². The Morgan fingerprint density at radius 1 is 1.17 bits per heavy atom. The fourth-order valence-corrected chi connectivity index (χ4v) is 5.81. The first-order valence-electron chi connectivity index (χ1n) is 11.2. The van der Waals surface area contributed by atoms with Gasteiger partial charge in [-0.3, -0.25) is 14.2 Å². The molecule has 1 unspecified atom stereocenters. The summed E-state index contributed by atoms with van der Waals surface area (Å²) in [6.07, 6.45) is 3.16. The maximum Gasteiger partial charge on any atom is 0.306 e. The smallest absolute Gasteiger partial charge is 0.306 e. The Labute approximate surface area is 220 Å². The fraction of sp³-hybridized carbons (Fsp3) is 0.269. The molecule has 0 radical (unpaired) electrons. The molecule has 1 aliphatic rings. The summed E-state index contributed by atoms with van der Waals surface area (Å²) in [6, 6.07) is 8.38. The highest BCUT2D eigenvalue weighted by Gasteiger charge is 2.37. The Morgan fingerprint density at radius 2 is 1.86 bits per heavy atom. The normalized spacial score (nSPS) is 15.8. The fourth-order valence-electron chi connectivity index (χ4n) is 4.82. The Bertz CT molecular complexity index is 1530. The Morgan fingerprint density at radius 3 is 2.50 bits per heavy atom. The van der Waals surface area contributed by atoms with E-state index in [4.69, 9.17) is 39.3 Å². The molecule has 0 aliphatic heterocycles. The number of aryl methyl sites for hydroxylation is 1. The van der Waals surface area contributed by atoms with Crippen LogP contribution >= 0.6 is 34.8 Å². The SMILES string of the molecule is CC(C)(F)c1onc(-c2c(Cl)cc(Cl)cc2Cl)c1C(=O)n1ccc2c3c(ccc21)CCC(C(=O)O)C3. The number of carbonyl (C=O) groups excluding carboxylic acids is 1. The first kappa shape index (κ1) is 24.8. The number of benzene rings is 2. The van der Waals surface area contributed by atoms with Crippen LogP contribution < -0.4 is 0 Å². The Kier molecular flexibility index (Phi) is 6.14. The lowest BCUT2D eigenvalue weighted by atomic mass is 9.82. The number of fused-ring (bicyclic) bond motifs is 3. The van der Waals surface area contributed by atoms with Gasteiger partial charge in [-0.2, -0.15) is 0 Å². The number of aliphatic carboxylic acids is 1. The van der Waals surface area contributed by atoms with Gasteiger partial charge in [-0.1, -0.05) is 46.0 Å². The molecule has 1 atom stereocenters. The minimum absolute atomic E-state index is 0.00172. The van der Waals surface area contributed by atoms with Crippen molar-refractivity contribution in [2.75, 3.05) is 0 Å². The van der Waals surface area contributed by atoms with Crippen LogP contribution in [0, 0.1) is 5.92 Å². The topological polar surface area (TPSA) is 85.3 Å². The average molecular weight is 550 g/mol. The van der Waals surface area contributed by atoms with Gasteiger partial charge in [0.05, 0.1) is 21.5 Å². The van der Waals surface area contributed by atoms with Gasteiger partial charge in [-0.25, -0.2) is 4.39 Å². The second-order valence-electron chi connectivity index (χ2n) is 9.36. The zero-order valence-corrected chi connectivity index (χ0v) is 21.5. The summed E-state index contributed by atoms with van der Waals surface area (Å²) < 4.78 is 21.9. The van der Waals surface area contributed by atoms with Crippen LogP contribution in [-0.4, -0.2) is 26.7 Å². The molecule has 0 saturated carbocycles. The predicted molar refractivity (Wildman–Crippen MR) is 136 cm³/mol. The largest absolute Gasteiger partial charge is 0.481 e. The van der Waals surface area contributed by atoms with Gasteiger partial charge in [-0.15, -0.1) is 0 Å². The van der Waals surface area contributed by atoms with Gasteiger partial charge >= 0.3 is 5.97 Å². The summed E-state index contributed by atoms with van der Waals surface area (Å²) in [5, 5.41) is 14.8. The first-order valence-corrected chi connectivity index (χ1v) is 12.3. The average Bonchev–Trinajstić information content (AvgIpc) is 3.42. The molecule has 2 aromatic carbocycles. The molecular weight excluding hydrogens is 530 g/mol. The van der Waals surface area contributed by atoms with Crippen LogP contribution in [0.15, 0.2) is 41.1 Å². The minimum atomic E-state index is -2.04. The lowest BCUT2D eigenvalue weighted by molar-refractivity contribution is -0.142. The summed E-state index contributed by atoms with van der Waals surface area (Å²) in [7, 11) is 0. The van der Waals surface area contributed by atoms with Gasteiger partial charge < -0.3 is 9.63 Å². The van der Waals surface area contributed by atoms with Crippen molar-refractivity contribution in [3.05, 3.63) is 74.0 Å². The second-order valence-corrected chi connectivity index (χ2v) is 10.6. The van der Waals surface area contributed by atoms with Crippen molar-refractivity contribution >= 4 is 57.6 Å². The lowest BCUT2D eigenvalue weighted by Crippen LogP contribution is -2.22. The number of hydrogen-bond acceptors (Lipinski definition) is 4. The van der Waals surface area contributed by atoms with Crippen LogP contribution in [0.3, 0.4) is 0 Å². The standard InChI is InChI=1S/C26H20Cl3FN2O4/c1-26(2,30)23-21(22(31-36-23)20-17(28)10-14(27)11-18(20)29)24(33)32-8-7-15-16-9-13(25(34)35)4-3-12(16)5-6-19(15)32/h5-8,10-11,13H,3-4,9H2,1-2H3,(H,34,35). The molecule has 0 fully saturated rings. The number of halogens is 4. The number of hydrogen-bond donors (Lipinski definition) is 1. The molecule has 0 spiro atoms. The molecule has 1 aliphatic carbocycles. The monoisotopic (exact) mass is 548 g/mol. The van der Waals surface area contributed by atoms with Crippen LogP contribution in [0.5, 0.6) is 0 Å². The summed E-state index contributed by atoms with van der Waals surface area (Å²) in [5.74, 6) is -2.18. The molecular formula is C26H20Cl3FN2O4. The third-order valence-electron chi connectivity index (χ3n) is 6.55. The highest BCUT2D eigenvalue weighted by molar-refractivity contribution is 6.42. The van der Waals surface area contributed by atoms with E-state index < -0.39 is 23.5 Å². The Balaban J connectivity index is 1.69. The maximum absolute atomic E-state index is 15.2. The van der Waals surface area contributed by atoms with E-state index in [0.29, 0.717) is 24.8 Å². The van der Waals surface area contributed by atoms with E-state index in [9.17, 15) is 14.7 Å². The zero-order chi connectivity index (χ0) is 25.9. The van der Waals surface area contributed by atoms with Crippen LogP contribution in [0.1, 0.15) is 47.5 Å². The van der Waals surface area contributed by atoms with E-state index in [1.807, 2.05) is 12.1 Å². The van der Waals surface area contributed by atoms with Crippen molar-refractivity contribution in [2.45, 2.75) is 38.8 Å². The van der Waals surface area contributed by atoms with E-state index in [1.165, 1.54) is 30.5 Å². The number of alkyl halides is 1. The molecule has 0 bridgehead atoms. The van der Waals surface area contributed by atoms with Crippen molar-refractivity contribution in [1.82, 2.24) is 9.72 Å². The molecule has 2 aromatic heterocycles. The molecule has 6 nitrogen and oxygen atoms in total. The minimum Gasteiger partial charge on any atom is -0.481 e. The zero-order valence-electron chi connectivity index (χ0n) is 19.2. The summed E-state index contributed by atoms with van der Waals surface area (Å²) in [4.78, 5) is 25.6. The van der Waals surface area contributed by atoms with Gasteiger partial charge in [-0.05, 0) is 68.5 Å². The number of carboxylic acids is 1. The molecule has 2 heterocycles. The molecule has 10 heteroatoms. The maximum atomic E-state index is 15.2. The molecule has 36 heavy (non-hydrogen) atoms. The van der Waals surface area contributed by atoms with Gasteiger partial charge in [0, 0.05) is 22.2 Å². The van der Waals surface area contributed by atoms with Crippen LogP contribution in [0.2, 0.25) is 15.1 Å². The summed E-state index contributed by atoms with van der Waals surface area (Å²) in [5.41, 5.74) is 0.555. The van der Waals surface area contributed by atoms with Crippen molar-refractivity contribution in [1.29, 1.82) is 0 Å². The van der Waals surface area contributed by atoms with Crippen molar-refractivity contribution < 1.29 is 23.6 Å². The number of carboxylic acid groups (broad SMARTS) is 1. The molecule has 5 rings (SSSR count). The third-order valence-corrected chi connectivity index (χ3v) is 7.37. The molecule has 4 aromatic rings. The van der Waals surface area contributed by atoms with Gasteiger partial charge in [0.1, 0.15) is 11.3 Å². The molecule has 0 amide bonds. The number of aromatic nitrogens is 2. The van der Waals surface area contributed by atoms with Gasteiger partial charge in [0.2, 0.25) is 0 Å². The van der Waals surface area contributed by atoms with Gasteiger partial charge in [0.15, 0.2) is 11.4 Å². The summed E-state index contributed by atoms with van der Waals surface area (Å²) in [6.45, 7) is 2.52. The molecule has 1 N–H and O–H groups in total. The Hall–Kier alpha value is -2.87. The van der Waals surface area contributed by atoms with Crippen molar-refractivity contribution in [2.24, 2.45) is 5.92 Å². The second kappa shape index (κ2) is 8.91. The number of carbonyl (C=O) groups is 2. The summed E-state index contributed by atoms with van der Waals surface area (Å²) >= 11 is 18.8. The van der Waals surface area contributed by atoms with E-state index in [0.717, 1.165) is 16.5 Å². The van der Waals surface area contributed by atoms with Crippen LogP contribution in [0.4, 0.5) is 4.39 Å². The van der Waals surface area contributed by atoms with E-state index in [2.05, 4.69) is 5.16 Å². The van der Waals surface area contributed by atoms with Crippen LogP contribution in [0.25, 0.3) is 22.2 Å². The molecule has 186 valence electrons. The number of nitrogens with zero attached hydrogens (tertiary/aromatic N) is 2.